The van der Waals surface area contributed by atoms with Gasteiger partial charge in [-0.2, -0.15) is 0 Å². The van der Waals surface area contributed by atoms with Crippen LogP contribution < -0.4 is 5.32 Å². The summed E-state index contributed by atoms with van der Waals surface area (Å²) in [5, 5.41) is 3.96. The maximum atomic E-state index is 12.5. The number of carbonyl (C=O) groups is 2. The van der Waals surface area contributed by atoms with Crippen LogP contribution >= 0.6 is 11.6 Å². The molecule has 26 heavy (non-hydrogen) atoms. The average molecular weight is 380 g/mol. The molecule has 2 amide bonds. The lowest BCUT2D eigenvalue weighted by atomic mass is 9.95. The van der Waals surface area contributed by atoms with Crippen molar-refractivity contribution in [2.75, 3.05) is 26.7 Å². The normalized spacial score (nSPS) is 16.6. The molecule has 1 saturated heterocycles. The van der Waals surface area contributed by atoms with Crippen LogP contribution in [0.2, 0.25) is 5.02 Å². The van der Waals surface area contributed by atoms with Gasteiger partial charge in [0, 0.05) is 43.2 Å². The van der Waals surface area contributed by atoms with E-state index in [-0.39, 0.29) is 36.4 Å². The first-order valence-corrected chi connectivity index (χ1v) is 9.71. The van der Waals surface area contributed by atoms with Gasteiger partial charge in [-0.15, -0.1) is 0 Å². The van der Waals surface area contributed by atoms with Gasteiger partial charge >= 0.3 is 0 Å². The molecule has 5 nitrogen and oxygen atoms in total. The Hall–Kier alpha value is -1.59. The highest BCUT2D eigenvalue weighted by atomic mass is 35.5. The van der Waals surface area contributed by atoms with E-state index in [9.17, 15) is 9.59 Å². The summed E-state index contributed by atoms with van der Waals surface area (Å²) in [5.74, 6) is 0.297. The van der Waals surface area contributed by atoms with E-state index in [4.69, 9.17) is 11.6 Å². The van der Waals surface area contributed by atoms with E-state index < -0.39 is 0 Å². The maximum Gasteiger partial charge on any atom is 0.236 e. The van der Waals surface area contributed by atoms with Gasteiger partial charge in [0.1, 0.15) is 0 Å². The van der Waals surface area contributed by atoms with Crippen molar-refractivity contribution in [1.29, 1.82) is 0 Å². The van der Waals surface area contributed by atoms with Gasteiger partial charge in [0.05, 0.1) is 6.54 Å². The van der Waals surface area contributed by atoms with Crippen molar-refractivity contribution in [3.05, 3.63) is 34.9 Å². The Labute approximate surface area is 161 Å². The molecule has 0 aromatic heterocycles. The van der Waals surface area contributed by atoms with Crippen molar-refractivity contribution in [2.24, 2.45) is 5.92 Å². The van der Waals surface area contributed by atoms with Crippen LogP contribution in [0.3, 0.4) is 0 Å². The van der Waals surface area contributed by atoms with Gasteiger partial charge in [-0.25, -0.2) is 0 Å². The molecule has 1 heterocycles. The number of likely N-dealkylation sites (tertiary alicyclic amines) is 1. The lowest BCUT2D eigenvalue weighted by molar-refractivity contribution is -0.140. The second-order valence-corrected chi connectivity index (χ2v) is 7.73. The van der Waals surface area contributed by atoms with Crippen LogP contribution in [0.1, 0.15) is 45.2 Å². The van der Waals surface area contributed by atoms with Crippen LogP contribution in [0.25, 0.3) is 0 Å². The highest BCUT2D eigenvalue weighted by Gasteiger charge is 2.29. The summed E-state index contributed by atoms with van der Waals surface area (Å²) >= 11 is 6.21. The summed E-state index contributed by atoms with van der Waals surface area (Å²) in [6.45, 7) is 7.59. The topological polar surface area (TPSA) is 52.7 Å². The molecule has 1 aliphatic rings. The predicted molar refractivity (Wildman–Crippen MR) is 105 cm³/mol. The maximum absolute atomic E-state index is 12.5. The molecule has 1 aliphatic heterocycles. The van der Waals surface area contributed by atoms with Gasteiger partial charge in [-0.3, -0.25) is 9.59 Å². The molecule has 0 aliphatic carbocycles. The minimum absolute atomic E-state index is 0.00598. The Bertz CT molecular complexity index is 627. The quantitative estimate of drug-likeness (QED) is 0.826. The highest BCUT2D eigenvalue weighted by Crippen LogP contribution is 2.23. The second kappa shape index (κ2) is 9.38. The van der Waals surface area contributed by atoms with Gasteiger partial charge in [0.2, 0.25) is 11.8 Å². The molecular formula is C20H30ClN3O2. The number of piperidine rings is 1. The molecule has 6 heteroatoms. The van der Waals surface area contributed by atoms with Gasteiger partial charge < -0.3 is 15.1 Å². The van der Waals surface area contributed by atoms with Crippen molar-refractivity contribution < 1.29 is 9.59 Å². The number of carbonyl (C=O) groups excluding carboxylic acids is 2. The summed E-state index contributed by atoms with van der Waals surface area (Å²) in [4.78, 5) is 28.5. The number of halogens is 1. The Balaban J connectivity index is 1.80. The summed E-state index contributed by atoms with van der Waals surface area (Å²) < 4.78 is 0. The third-order valence-corrected chi connectivity index (χ3v) is 5.59. The fourth-order valence-electron chi connectivity index (χ4n) is 3.21. The molecule has 144 valence electrons. The van der Waals surface area contributed by atoms with E-state index in [1.165, 1.54) is 0 Å². The van der Waals surface area contributed by atoms with Crippen molar-refractivity contribution >= 4 is 23.4 Å². The lowest BCUT2D eigenvalue weighted by Crippen LogP contribution is -2.47. The van der Waals surface area contributed by atoms with Gasteiger partial charge in [-0.05, 0) is 45.2 Å². The molecule has 1 unspecified atom stereocenters. The lowest BCUT2D eigenvalue weighted by Gasteiger charge is -2.34. The fraction of sp³-hybridized carbons (Fsp3) is 0.600. The summed E-state index contributed by atoms with van der Waals surface area (Å²) in [7, 11) is 1.85. The fourth-order valence-corrected chi connectivity index (χ4v) is 3.51. The number of benzene rings is 1. The summed E-state index contributed by atoms with van der Waals surface area (Å²) in [6, 6.07) is 7.87. The van der Waals surface area contributed by atoms with E-state index in [1.807, 2.05) is 57.0 Å². The molecule has 0 radical (unpaired) electrons. The SMILES string of the molecule is CC(NCC(=O)N1CCC(C(=O)N(C)C(C)C)CC1)c1ccccc1Cl. The molecular weight excluding hydrogens is 350 g/mol. The zero-order chi connectivity index (χ0) is 19.3. The molecule has 1 aromatic rings. The number of amides is 2. The highest BCUT2D eigenvalue weighted by molar-refractivity contribution is 6.31. The largest absolute Gasteiger partial charge is 0.343 e. The molecule has 0 saturated carbocycles. The van der Waals surface area contributed by atoms with Gasteiger partial charge in [0.25, 0.3) is 0 Å². The third kappa shape index (κ3) is 5.21. The Morgan fingerprint density at radius 3 is 2.42 bits per heavy atom. The van der Waals surface area contributed by atoms with Crippen LogP contribution in [0, 0.1) is 5.92 Å². The molecule has 0 bridgehead atoms. The predicted octanol–water partition coefficient (Wildman–Crippen LogP) is 3.10. The van der Waals surface area contributed by atoms with Crippen molar-refractivity contribution in [1.82, 2.24) is 15.1 Å². The minimum Gasteiger partial charge on any atom is -0.343 e. The van der Waals surface area contributed by atoms with Gasteiger partial charge in [-0.1, -0.05) is 29.8 Å². The number of hydrogen-bond donors (Lipinski definition) is 1. The average Bonchev–Trinajstić information content (AvgIpc) is 2.65. The van der Waals surface area contributed by atoms with Crippen LogP contribution in [-0.2, 0) is 9.59 Å². The Kier molecular flexibility index (Phi) is 7.47. The molecule has 2 rings (SSSR count). The first-order chi connectivity index (χ1) is 12.3. The van der Waals surface area contributed by atoms with E-state index >= 15 is 0 Å². The zero-order valence-corrected chi connectivity index (χ0v) is 16.9. The number of rotatable bonds is 6. The van der Waals surface area contributed by atoms with E-state index in [0.29, 0.717) is 18.1 Å². The van der Waals surface area contributed by atoms with E-state index in [0.717, 1.165) is 18.4 Å². The smallest absolute Gasteiger partial charge is 0.236 e. The molecule has 1 fully saturated rings. The van der Waals surface area contributed by atoms with Gasteiger partial charge in [0.15, 0.2) is 0 Å². The van der Waals surface area contributed by atoms with Crippen LogP contribution in [0.15, 0.2) is 24.3 Å². The van der Waals surface area contributed by atoms with Crippen molar-refractivity contribution in [3.8, 4) is 0 Å². The molecule has 0 spiro atoms. The molecule has 1 aromatic carbocycles. The first-order valence-electron chi connectivity index (χ1n) is 9.33. The van der Waals surface area contributed by atoms with E-state index in [1.54, 1.807) is 4.90 Å². The number of hydrogen-bond acceptors (Lipinski definition) is 3. The Morgan fingerprint density at radius 1 is 1.23 bits per heavy atom. The summed E-state index contributed by atoms with van der Waals surface area (Å²) in [5.41, 5.74) is 0.989. The summed E-state index contributed by atoms with van der Waals surface area (Å²) in [6.07, 6.45) is 1.48. The number of nitrogens with zero attached hydrogens (tertiary/aromatic N) is 2. The first kappa shape index (κ1) is 20.7. The third-order valence-electron chi connectivity index (χ3n) is 5.25. The molecule has 1 atom stereocenters. The molecule has 1 N–H and O–H groups in total. The zero-order valence-electron chi connectivity index (χ0n) is 16.2. The minimum atomic E-state index is 0.00598. The Morgan fingerprint density at radius 2 is 1.85 bits per heavy atom. The van der Waals surface area contributed by atoms with E-state index in [2.05, 4.69) is 5.32 Å². The monoisotopic (exact) mass is 379 g/mol. The van der Waals surface area contributed by atoms with Crippen molar-refractivity contribution in [3.63, 3.8) is 0 Å². The van der Waals surface area contributed by atoms with Crippen molar-refractivity contribution in [2.45, 2.75) is 45.7 Å². The number of nitrogens with one attached hydrogen (secondary N) is 1. The van der Waals surface area contributed by atoms with Crippen LogP contribution in [0.5, 0.6) is 0 Å². The standard InChI is InChI=1S/C20H30ClN3O2/c1-14(2)23(4)20(26)16-9-11-24(12-10-16)19(25)13-22-15(3)17-7-5-6-8-18(17)21/h5-8,14-16,22H,9-13H2,1-4H3. The van der Waals surface area contributed by atoms with Crippen LogP contribution in [0.4, 0.5) is 0 Å². The second-order valence-electron chi connectivity index (χ2n) is 7.32. The van der Waals surface area contributed by atoms with Crippen LogP contribution in [-0.4, -0.2) is 54.3 Å².